The van der Waals surface area contributed by atoms with Gasteiger partial charge in [0, 0.05) is 0 Å². The zero-order valence-electron chi connectivity index (χ0n) is 12.6. The van der Waals surface area contributed by atoms with Crippen molar-refractivity contribution in [3.63, 3.8) is 0 Å². The summed E-state index contributed by atoms with van der Waals surface area (Å²) >= 11 is 0. The van der Waals surface area contributed by atoms with Crippen LogP contribution in [0.15, 0.2) is 48.5 Å². The molecule has 0 aliphatic rings. The Morgan fingerprint density at radius 2 is 1.85 bits per heavy atom. The fourth-order valence-corrected chi connectivity index (χ4v) is 5.04. The number of benzene rings is 2. The zero-order valence-corrected chi connectivity index (χ0v) is 13.6. The van der Waals surface area contributed by atoms with E-state index in [0.29, 0.717) is 0 Å². The molecule has 0 N–H and O–H groups in total. The smallest absolute Gasteiger partial charge is 0.122 e. The summed E-state index contributed by atoms with van der Waals surface area (Å²) in [5.74, 6) is 0.965. The van der Waals surface area contributed by atoms with Crippen molar-refractivity contribution in [3.8, 4) is 5.75 Å². The molecule has 0 fully saturated rings. The predicted molar refractivity (Wildman–Crippen MR) is 88.5 cm³/mol. The Bertz CT molecular complexity index is 534. The summed E-state index contributed by atoms with van der Waals surface area (Å²) in [4.78, 5) is 0. The number of rotatable bonds is 6. The molecule has 0 aliphatic carbocycles. The first kappa shape index (κ1) is 14.9. The molecule has 0 atom stereocenters. The van der Waals surface area contributed by atoms with Crippen molar-refractivity contribution >= 4 is 13.3 Å². The molecule has 0 saturated heterocycles. The third kappa shape index (κ3) is 3.73. The van der Waals surface area contributed by atoms with Gasteiger partial charge in [-0.25, -0.2) is 0 Å². The second-order valence-corrected chi connectivity index (χ2v) is 10.7. The number of hydrogen-bond donors (Lipinski definition) is 0. The molecule has 1 radical (unpaired) electrons. The van der Waals surface area contributed by atoms with Gasteiger partial charge in [-0.05, 0) is 24.1 Å². The van der Waals surface area contributed by atoms with E-state index < -0.39 is 8.07 Å². The lowest BCUT2D eigenvalue weighted by Crippen LogP contribution is -2.40. The summed E-state index contributed by atoms with van der Waals surface area (Å²) in [6, 6.07) is 21.4. The number of methoxy groups -OCH3 is 1. The van der Waals surface area contributed by atoms with Gasteiger partial charge in [-0.2, -0.15) is 0 Å². The van der Waals surface area contributed by atoms with Crippen LogP contribution in [0, 0.1) is 6.07 Å². The maximum absolute atomic E-state index is 5.39. The van der Waals surface area contributed by atoms with Crippen molar-refractivity contribution in [2.24, 2.45) is 0 Å². The highest BCUT2D eigenvalue weighted by Crippen LogP contribution is 2.21. The molecular formula is C18H23OSi. The molecule has 0 aromatic heterocycles. The van der Waals surface area contributed by atoms with Crippen LogP contribution in [0.1, 0.15) is 12.0 Å². The second kappa shape index (κ2) is 6.75. The summed E-state index contributed by atoms with van der Waals surface area (Å²) in [7, 11) is 0.422. The topological polar surface area (TPSA) is 9.23 Å². The fourth-order valence-electron chi connectivity index (χ4n) is 2.60. The lowest BCUT2D eigenvalue weighted by molar-refractivity contribution is 0.409. The van der Waals surface area contributed by atoms with Gasteiger partial charge in [-0.1, -0.05) is 73.2 Å². The standard InChI is InChI=1S/C18H23OSi/c1-19-18-14-8-7-10-16(18)11-9-15-20(2,3)17-12-5-4-6-13-17/h4-7,10,12-14H,9,11,15H2,1-3H3. The Morgan fingerprint density at radius 3 is 2.55 bits per heavy atom. The van der Waals surface area contributed by atoms with E-state index in [4.69, 9.17) is 4.74 Å². The molecule has 2 heteroatoms. The first-order chi connectivity index (χ1) is 9.63. The van der Waals surface area contributed by atoms with Gasteiger partial charge in [0.1, 0.15) is 5.75 Å². The zero-order chi connectivity index (χ0) is 14.4. The lowest BCUT2D eigenvalue weighted by Gasteiger charge is -2.23. The van der Waals surface area contributed by atoms with E-state index in [9.17, 15) is 0 Å². The second-order valence-electron chi connectivity index (χ2n) is 5.84. The monoisotopic (exact) mass is 283 g/mol. The molecule has 0 unspecified atom stereocenters. The molecular weight excluding hydrogens is 260 g/mol. The van der Waals surface area contributed by atoms with Crippen LogP contribution in [0.25, 0.3) is 0 Å². The minimum Gasteiger partial charge on any atom is -0.496 e. The normalized spacial score (nSPS) is 11.3. The molecule has 0 aliphatic heterocycles. The molecule has 1 nitrogen and oxygen atoms in total. The van der Waals surface area contributed by atoms with Gasteiger partial charge in [0.2, 0.25) is 0 Å². The van der Waals surface area contributed by atoms with Crippen molar-refractivity contribution in [2.45, 2.75) is 32.0 Å². The Kier molecular flexibility index (Phi) is 5.02. The van der Waals surface area contributed by atoms with Gasteiger partial charge in [-0.15, -0.1) is 0 Å². The van der Waals surface area contributed by atoms with E-state index in [1.807, 2.05) is 12.1 Å². The van der Waals surface area contributed by atoms with Crippen molar-refractivity contribution in [3.05, 3.63) is 60.2 Å². The van der Waals surface area contributed by atoms with Gasteiger partial charge in [0.25, 0.3) is 0 Å². The number of aryl methyl sites for hydroxylation is 1. The SMILES string of the molecule is COc1c[c]ccc1CCC[Si](C)(C)c1ccccc1. The molecule has 0 saturated carbocycles. The van der Waals surface area contributed by atoms with E-state index in [2.05, 4.69) is 55.6 Å². The van der Waals surface area contributed by atoms with Crippen molar-refractivity contribution < 1.29 is 4.74 Å². The van der Waals surface area contributed by atoms with Gasteiger partial charge in [0.05, 0.1) is 15.2 Å². The molecule has 0 bridgehead atoms. The summed E-state index contributed by atoms with van der Waals surface area (Å²) in [6.45, 7) is 4.91. The first-order valence-corrected chi connectivity index (χ1v) is 10.4. The maximum atomic E-state index is 5.39. The van der Waals surface area contributed by atoms with Crippen LogP contribution in [0.4, 0.5) is 0 Å². The van der Waals surface area contributed by atoms with E-state index in [0.717, 1.165) is 12.2 Å². The molecule has 105 valence electrons. The van der Waals surface area contributed by atoms with Gasteiger partial charge in [0.15, 0.2) is 0 Å². The largest absolute Gasteiger partial charge is 0.496 e. The Labute approximate surface area is 123 Å². The highest BCUT2D eigenvalue weighted by atomic mass is 28.3. The van der Waals surface area contributed by atoms with Crippen molar-refractivity contribution in [1.29, 1.82) is 0 Å². The van der Waals surface area contributed by atoms with E-state index in [-0.39, 0.29) is 0 Å². The summed E-state index contributed by atoms with van der Waals surface area (Å²) in [6.07, 6.45) is 2.30. The Balaban J connectivity index is 1.96. The van der Waals surface area contributed by atoms with Crippen LogP contribution < -0.4 is 9.92 Å². The van der Waals surface area contributed by atoms with Crippen LogP contribution in [0.3, 0.4) is 0 Å². The van der Waals surface area contributed by atoms with E-state index >= 15 is 0 Å². The third-order valence-electron chi connectivity index (χ3n) is 3.93. The maximum Gasteiger partial charge on any atom is 0.122 e. The quantitative estimate of drug-likeness (QED) is 0.727. The van der Waals surface area contributed by atoms with E-state index in [1.165, 1.54) is 18.0 Å². The van der Waals surface area contributed by atoms with Gasteiger partial charge in [-0.3, -0.25) is 0 Å². The first-order valence-electron chi connectivity index (χ1n) is 7.22. The van der Waals surface area contributed by atoms with Crippen molar-refractivity contribution in [1.82, 2.24) is 0 Å². The summed E-state index contributed by atoms with van der Waals surface area (Å²) in [5.41, 5.74) is 1.30. The van der Waals surface area contributed by atoms with Crippen LogP contribution >= 0.6 is 0 Å². The summed E-state index contributed by atoms with van der Waals surface area (Å²) < 4.78 is 5.39. The average molecular weight is 283 g/mol. The lowest BCUT2D eigenvalue weighted by atomic mass is 10.1. The van der Waals surface area contributed by atoms with Gasteiger partial charge < -0.3 is 4.74 Å². The molecule has 20 heavy (non-hydrogen) atoms. The Morgan fingerprint density at radius 1 is 1.10 bits per heavy atom. The molecule has 0 amide bonds. The molecule has 2 aromatic rings. The molecule has 0 heterocycles. The average Bonchev–Trinajstić information content (AvgIpc) is 2.48. The minimum absolute atomic E-state index is 0.965. The molecule has 2 rings (SSSR count). The van der Waals surface area contributed by atoms with Crippen LogP contribution in [0.5, 0.6) is 5.75 Å². The van der Waals surface area contributed by atoms with Gasteiger partial charge >= 0.3 is 0 Å². The Hall–Kier alpha value is -1.54. The van der Waals surface area contributed by atoms with Crippen LogP contribution in [-0.4, -0.2) is 15.2 Å². The predicted octanol–water partition coefficient (Wildman–Crippen LogP) is 4.04. The third-order valence-corrected chi connectivity index (χ3v) is 7.43. The summed E-state index contributed by atoms with van der Waals surface area (Å²) in [5, 5.41) is 1.55. The molecule has 0 spiro atoms. The minimum atomic E-state index is -1.31. The van der Waals surface area contributed by atoms with E-state index in [1.54, 1.807) is 12.3 Å². The van der Waals surface area contributed by atoms with Crippen LogP contribution in [0.2, 0.25) is 19.1 Å². The number of ether oxygens (including phenoxy) is 1. The molecule has 2 aromatic carbocycles. The van der Waals surface area contributed by atoms with Crippen LogP contribution in [-0.2, 0) is 6.42 Å². The highest BCUT2D eigenvalue weighted by molar-refractivity contribution is 6.89. The number of hydrogen-bond acceptors (Lipinski definition) is 1. The highest BCUT2D eigenvalue weighted by Gasteiger charge is 2.22. The fraction of sp³-hybridized carbons (Fsp3) is 0.333. The van der Waals surface area contributed by atoms with Crippen molar-refractivity contribution in [2.75, 3.05) is 7.11 Å².